The van der Waals surface area contributed by atoms with Gasteiger partial charge in [-0.25, -0.2) is 0 Å². The molecule has 2 amide bonds. The lowest BCUT2D eigenvalue weighted by molar-refractivity contribution is -0.121. The minimum atomic E-state index is -0.175. The van der Waals surface area contributed by atoms with E-state index >= 15 is 0 Å². The summed E-state index contributed by atoms with van der Waals surface area (Å²) in [6.45, 7) is 7.88. The quantitative estimate of drug-likeness (QED) is 0.760. The summed E-state index contributed by atoms with van der Waals surface area (Å²) in [5.41, 5.74) is 2.57. The second kappa shape index (κ2) is 8.47. The lowest BCUT2D eigenvalue weighted by Crippen LogP contribution is -2.38. The summed E-state index contributed by atoms with van der Waals surface area (Å²) in [7, 11) is 0. The highest BCUT2D eigenvalue weighted by atomic mass is 16.5. The number of Topliss-reactive ketones (excluding diaryl/α,β-unsaturated/α-hetero) is 1. The van der Waals surface area contributed by atoms with Crippen LogP contribution in [0.3, 0.4) is 0 Å². The van der Waals surface area contributed by atoms with Crippen molar-refractivity contribution in [3.05, 3.63) is 59.2 Å². The van der Waals surface area contributed by atoms with Gasteiger partial charge in [0.05, 0.1) is 12.2 Å². The number of hydrogen-bond acceptors (Lipinski definition) is 4. The third-order valence-electron chi connectivity index (χ3n) is 5.22. The number of amides is 2. The number of nitrogens with zero attached hydrogens (tertiary/aromatic N) is 1. The molecule has 0 radical (unpaired) electrons. The second-order valence-electron chi connectivity index (χ2n) is 7.71. The SMILES string of the molecule is CC(=O)c1ccc2c(c1)N(Cc1ccc(C(=O)N[C@H](C)C(C)C)cc1)C(=O)CO2. The van der Waals surface area contributed by atoms with E-state index in [1.54, 1.807) is 35.2 Å². The zero-order chi connectivity index (χ0) is 21.1. The Morgan fingerprint density at radius 1 is 1.07 bits per heavy atom. The molecule has 0 aliphatic carbocycles. The molecule has 2 aromatic rings. The van der Waals surface area contributed by atoms with Gasteiger partial charge in [0.15, 0.2) is 12.4 Å². The smallest absolute Gasteiger partial charge is 0.265 e. The maximum absolute atomic E-state index is 12.5. The fourth-order valence-corrected chi connectivity index (χ4v) is 3.00. The number of nitrogens with one attached hydrogen (secondary N) is 1. The Hall–Kier alpha value is -3.15. The summed E-state index contributed by atoms with van der Waals surface area (Å²) < 4.78 is 5.49. The highest BCUT2D eigenvalue weighted by molar-refractivity contribution is 6.01. The molecule has 2 aromatic carbocycles. The molecule has 1 N–H and O–H groups in total. The van der Waals surface area contributed by atoms with E-state index in [0.717, 1.165) is 5.56 Å². The predicted molar refractivity (Wildman–Crippen MR) is 111 cm³/mol. The summed E-state index contributed by atoms with van der Waals surface area (Å²) in [4.78, 5) is 38.1. The van der Waals surface area contributed by atoms with E-state index in [0.29, 0.717) is 35.0 Å². The van der Waals surface area contributed by atoms with Gasteiger partial charge < -0.3 is 15.0 Å². The molecule has 0 saturated heterocycles. The van der Waals surface area contributed by atoms with Crippen molar-refractivity contribution >= 4 is 23.3 Å². The zero-order valence-corrected chi connectivity index (χ0v) is 17.2. The molecule has 6 heteroatoms. The van der Waals surface area contributed by atoms with Crippen molar-refractivity contribution in [1.29, 1.82) is 0 Å². The molecule has 1 heterocycles. The lowest BCUT2D eigenvalue weighted by Gasteiger charge is -2.29. The summed E-state index contributed by atoms with van der Waals surface area (Å²) in [5.74, 6) is 0.568. The first-order chi connectivity index (χ1) is 13.8. The van der Waals surface area contributed by atoms with Gasteiger partial charge in [0.1, 0.15) is 5.75 Å². The van der Waals surface area contributed by atoms with Gasteiger partial charge in [-0.2, -0.15) is 0 Å². The number of fused-ring (bicyclic) bond motifs is 1. The van der Waals surface area contributed by atoms with Gasteiger partial charge in [0, 0.05) is 17.2 Å². The number of carbonyl (C=O) groups is 3. The summed E-state index contributed by atoms with van der Waals surface area (Å²) in [5, 5.41) is 2.98. The van der Waals surface area contributed by atoms with Crippen LogP contribution in [0.5, 0.6) is 5.75 Å². The van der Waals surface area contributed by atoms with Crippen LogP contribution in [-0.4, -0.2) is 30.2 Å². The Balaban J connectivity index is 1.78. The highest BCUT2D eigenvalue weighted by Crippen LogP contribution is 2.34. The van der Waals surface area contributed by atoms with Crippen LogP contribution in [0.25, 0.3) is 0 Å². The fraction of sp³-hybridized carbons (Fsp3) is 0.348. The number of carbonyl (C=O) groups excluding carboxylic acids is 3. The summed E-state index contributed by atoms with van der Waals surface area (Å²) in [6, 6.07) is 12.4. The lowest BCUT2D eigenvalue weighted by atomic mass is 10.0. The predicted octanol–water partition coefficient (Wildman–Crippen LogP) is 3.59. The van der Waals surface area contributed by atoms with Crippen LogP contribution in [0.4, 0.5) is 5.69 Å². The number of ketones is 1. The minimum Gasteiger partial charge on any atom is -0.482 e. The molecule has 0 saturated carbocycles. The molecule has 1 aliphatic heterocycles. The highest BCUT2D eigenvalue weighted by Gasteiger charge is 2.26. The number of benzene rings is 2. The average Bonchev–Trinajstić information content (AvgIpc) is 2.70. The van der Waals surface area contributed by atoms with E-state index in [-0.39, 0.29) is 30.2 Å². The minimum absolute atomic E-state index is 0.0417. The Morgan fingerprint density at radius 3 is 2.34 bits per heavy atom. The number of ether oxygens (including phenoxy) is 1. The molecule has 1 aliphatic rings. The third-order valence-corrected chi connectivity index (χ3v) is 5.22. The van der Waals surface area contributed by atoms with Crippen molar-refractivity contribution in [2.75, 3.05) is 11.5 Å². The third kappa shape index (κ3) is 4.65. The Bertz CT molecular complexity index is 934. The molecule has 29 heavy (non-hydrogen) atoms. The molecule has 0 aromatic heterocycles. The van der Waals surface area contributed by atoms with Gasteiger partial charge in [0.25, 0.3) is 11.8 Å². The number of anilines is 1. The Morgan fingerprint density at radius 2 is 1.72 bits per heavy atom. The molecule has 3 rings (SSSR count). The maximum atomic E-state index is 12.5. The van der Waals surface area contributed by atoms with Gasteiger partial charge in [0.2, 0.25) is 0 Å². The van der Waals surface area contributed by atoms with Gasteiger partial charge in [-0.1, -0.05) is 26.0 Å². The second-order valence-corrected chi connectivity index (χ2v) is 7.71. The molecule has 6 nitrogen and oxygen atoms in total. The first kappa shape index (κ1) is 20.6. The average molecular weight is 394 g/mol. The van der Waals surface area contributed by atoms with Crippen LogP contribution in [0.2, 0.25) is 0 Å². The molecule has 152 valence electrons. The normalized spacial score (nSPS) is 14.2. The Kier molecular flexibility index (Phi) is 6.01. The van der Waals surface area contributed by atoms with Gasteiger partial charge >= 0.3 is 0 Å². The van der Waals surface area contributed by atoms with Crippen molar-refractivity contribution in [3.63, 3.8) is 0 Å². The fourth-order valence-electron chi connectivity index (χ4n) is 3.00. The summed E-state index contributed by atoms with van der Waals surface area (Å²) in [6.07, 6.45) is 0. The first-order valence-electron chi connectivity index (χ1n) is 9.74. The van der Waals surface area contributed by atoms with Crippen LogP contribution in [0.1, 0.15) is 54.0 Å². The molecule has 0 unspecified atom stereocenters. The molecule has 1 atom stereocenters. The summed E-state index contributed by atoms with van der Waals surface area (Å²) >= 11 is 0. The Labute approximate surface area is 170 Å². The van der Waals surface area contributed by atoms with Crippen LogP contribution in [0, 0.1) is 5.92 Å². The molecule has 0 spiro atoms. The molecular weight excluding hydrogens is 368 g/mol. The van der Waals surface area contributed by atoms with Crippen LogP contribution in [-0.2, 0) is 11.3 Å². The van der Waals surface area contributed by atoms with Crippen molar-refractivity contribution in [2.24, 2.45) is 5.92 Å². The van der Waals surface area contributed by atoms with E-state index in [2.05, 4.69) is 19.2 Å². The van der Waals surface area contributed by atoms with Crippen LogP contribution >= 0.6 is 0 Å². The number of hydrogen-bond donors (Lipinski definition) is 1. The van der Waals surface area contributed by atoms with Crippen molar-refractivity contribution < 1.29 is 19.1 Å². The van der Waals surface area contributed by atoms with E-state index < -0.39 is 0 Å². The van der Waals surface area contributed by atoms with Gasteiger partial charge in [-0.15, -0.1) is 0 Å². The van der Waals surface area contributed by atoms with Crippen molar-refractivity contribution in [3.8, 4) is 5.75 Å². The zero-order valence-electron chi connectivity index (χ0n) is 17.2. The van der Waals surface area contributed by atoms with Gasteiger partial charge in [-0.3, -0.25) is 14.4 Å². The van der Waals surface area contributed by atoms with E-state index in [9.17, 15) is 14.4 Å². The van der Waals surface area contributed by atoms with Gasteiger partial charge in [-0.05, 0) is 55.7 Å². The molecule has 0 bridgehead atoms. The standard InChI is InChI=1S/C23H26N2O4/c1-14(2)15(3)24-23(28)18-7-5-17(6-8-18)12-25-20-11-19(16(4)26)9-10-21(20)29-13-22(25)27/h5-11,14-15H,12-13H2,1-4H3,(H,24,28)/t15-/m1/s1. The molecular formula is C23H26N2O4. The van der Waals surface area contributed by atoms with E-state index in [4.69, 9.17) is 4.74 Å². The number of rotatable bonds is 6. The van der Waals surface area contributed by atoms with Crippen molar-refractivity contribution in [1.82, 2.24) is 5.32 Å². The monoisotopic (exact) mass is 394 g/mol. The van der Waals surface area contributed by atoms with E-state index in [1.807, 2.05) is 19.1 Å². The topological polar surface area (TPSA) is 75.7 Å². The van der Waals surface area contributed by atoms with Crippen LogP contribution in [0.15, 0.2) is 42.5 Å². The largest absolute Gasteiger partial charge is 0.482 e. The molecule has 0 fully saturated rings. The van der Waals surface area contributed by atoms with Crippen LogP contribution < -0.4 is 15.0 Å². The maximum Gasteiger partial charge on any atom is 0.265 e. The van der Waals surface area contributed by atoms with Crippen molar-refractivity contribution in [2.45, 2.75) is 40.3 Å². The van der Waals surface area contributed by atoms with E-state index in [1.165, 1.54) is 6.92 Å². The first-order valence-corrected chi connectivity index (χ1v) is 9.74.